The highest BCUT2D eigenvalue weighted by atomic mass is 35.5. The van der Waals surface area contributed by atoms with E-state index in [4.69, 9.17) is 46.4 Å². The maximum absolute atomic E-state index is 12.9. The maximum atomic E-state index is 12.9. The molecule has 4 nitrogen and oxygen atoms in total. The molecule has 0 aliphatic carbocycles. The highest BCUT2D eigenvalue weighted by molar-refractivity contribution is 7.92. The summed E-state index contributed by atoms with van der Waals surface area (Å²) < 4.78 is 28.2. The van der Waals surface area contributed by atoms with Crippen molar-refractivity contribution in [3.8, 4) is 0 Å². The van der Waals surface area contributed by atoms with Crippen LogP contribution in [0.15, 0.2) is 65.6 Å². The van der Waals surface area contributed by atoms with Gasteiger partial charge in [-0.25, -0.2) is 8.42 Å². The van der Waals surface area contributed by atoms with Crippen molar-refractivity contribution >= 4 is 73.0 Å². The van der Waals surface area contributed by atoms with Crippen LogP contribution in [-0.4, -0.2) is 13.4 Å². The number of anilines is 1. The van der Waals surface area contributed by atoms with Crippen molar-refractivity contribution in [1.29, 1.82) is 0 Å². The van der Waals surface area contributed by atoms with E-state index in [9.17, 15) is 8.42 Å². The fourth-order valence-corrected chi connectivity index (χ4v) is 5.76. The Morgan fingerprint density at radius 3 is 2.25 bits per heavy atom. The molecule has 0 bridgehead atoms. The van der Waals surface area contributed by atoms with E-state index in [0.29, 0.717) is 32.6 Å². The average molecular weight is 526 g/mol. The summed E-state index contributed by atoms with van der Waals surface area (Å²) in [6.45, 7) is 1.70. The first kappa shape index (κ1) is 23.1. The highest BCUT2D eigenvalue weighted by Crippen LogP contribution is 2.34. The molecule has 1 aromatic heterocycles. The van der Waals surface area contributed by atoms with Crippen LogP contribution in [0.25, 0.3) is 10.9 Å². The van der Waals surface area contributed by atoms with Crippen molar-refractivity contribution in [3.05, 3.63) is 97.6 Å². The normalized spacial score (nSPS) is 11.7. The van der Waals surface area contributed by atoms with Crippen LogP contribution in [0.3, 0.4) is 0 Å². The summed E-state index contributed by atoms with van der Waals surface area (Å²) in [5.41, 5.74) is 3.13. The lowest BCUT2D eigenvalue weighted by atomic mass is 10.1. The highest BCUT2D eigenvalue weighted by Gasteiger charge is 2.21. The smallest absolute Gasteiger partial charge is 0.263 e. The van der Waals surface area contributed by atoms with Crippen molar-refractivity contribution in [3.63, 3.8) is 0 Å². The number of hydrogen-bond acceptors (Lipinski definition) is 3. The van der Waals surface area contributed by atoms with Gasteiger partial charge in [-0.1, -0.05) is 70.7 Å². The number of rotatable bonds is 5. The van der Waals surface area contributed by atoms with Gasteiger partial charge in [0.05, 0.1) is 16.2 Å². The van der Waals surface area contributed by atoms with Gasteiger partial charge in [0.2, 0.25) is 0 Å². The minimum atomic E-state index is -3.98. The van der Waals surface area contributed by atoms with E-state index < -0.39 is 10.0 Å². The maximum Gasteiger partial charge on any atom is 0.263 e. The lowest BCUT2D eigenvalue weighted by Gasteiger charge is -2.14. The largest absolute Gasteiger partial charge is 0.279 e. The number of aromatic nitrogens is 1. The Kier molecular flexibility index (Phi) is 6.57. The third kappa shape index (κ3) is 4.82. The zero-order valence-electron chi connectivity index (χ0n) is 16.7. The van der Waals surface area contributed by atoms with Crippen LogP contribution in [0.4, 0.5) is 5.69 Å². The van der Waals surface area contributed by atoms with E-state index >= 15 is 0 Å². The van der Waals surface area contributed by atoms with Gasteiger partial charge in [-0.2, -0.15) is 0 Å². The molecule has 0 spiro atoms. The van der Waals surface area contributed by atoms with Crippen LogP contribution in [0, 0.1) is 6.92 Å². The lowest BCUT2D eigenvalue weighted by molar-refractivity contribution is 0.601. The number of para-hydroxylation sites is 1. The molecule has 3 aromatic carbocycles. The van der Waals surface area contributed by atoms with Gasteiger partial charge in [-0.05, 0) is 54.4 Å². The molecule has 164 valence electrons. The summed E-state index contributed by atoms with van der Waals surface area (Å²) >= 11 is 25.1. The fourth-order valence-electron chi connectivity index (χ4n) is 3.27. The zero-order valence-corrected chi connectivity index (χ0v) is 20.5. The summed E-state index contributed by atoms with van der Waals surface area (Å²) in [7, 11) is -3.98. The molecule has 1 N–H and O–H groups in total. The van der Waals surface area contributed by atoms with E-state index in [2.05, 4.69) is 9.71 Å². The second kappa shape index (κ2) is 9.08. The molecule has 0 atom stereocenters. The SMILES string of the molecule is Cc1cc(S(=O)(=O)Nc2cc(Cl)c(Cc3ccc4ccccc4n3)c(Cl)c2)c(Cl)cc1Cl. The summed E-state index contributed by atoms with van der Waals surface area (Å²) in [6.07, 6.45) is 0.401. The van der Waals surface area contributed by atoms with Gasteiger partial charge in [-0.3, -0.25) is 9.71 Å². The number of pyridine rings is 1. The monoisotopic (exact) mass is 524 g/mol. The van der Waals surface area contributed by atoms with Crippen molar-refractivity contribution < 1.29 is 8.42 Å². The average Bonchev–Trinajstić information content (AvgIpc) is 2.73. The van der Waals surface area contributed by atoms with Crippen molar-refractivity contribution in [2.24, 2.45) is 0 Å². The molecule has 0 fully saturated rings. The van der Waals surface area contributed by atoms with Gasteiger partial charge in [0.1, 0.15) is 4.90 Å². The van der Waals surface area contributed by atoms with Crippen LogP contribution in [-0.2, 0) is 16.4 Å². The Morgan fingerprint density at radius 2 is 1.53 bits per heavy atom. The molecule has 1 heterocycles. The molecule has 4 aromatic rings. The molecule has 0 radical (unpaired) electrons. The molecule has 9 heteroatoms. The van der Waals surface area contributed by atoms with Crippen molar-refractivity contribution in [2.45, 2.75) is 18.2 Å². The summed E-state index contributed by atoms with van der Waals surface area (Å²) in [4.78, 5) is 4.56. The third-order valence-corrected chi connectivity index (χ3v) is 7.84. The first-order valence-corrected chi connectivity index (χ1v) is 12.4. The van der Waals surface area contributed by atoms with Crippen LogP contribution >= 0.6 is 46.4 Å². The number of aryl methyl sites for hydroxylation is 1. The van der Waals surface area contributed by atoms with E-state index in [0.717, 1.165) is 16.6 Å². The minimum absolute atomic E-state index is 0.0179. The van der Waals surface area contributed by atoms with Crippen LogP contribution in [0.5, 0.6) is 0 Å². The second-order valence-corrected chi connectivity index (χ2v) is 10.5. The van der Waals surface area contributed by atoms with E-state index in [1.54, 1.807) is 6.92 Å². The van der Waals surface area contributed by atoms with Crippen LogP contribution < -0.4 is 4.72 Å². The summed E-state index contributed by atoms with van der Waals surface area (Å²) in [5.74, 6) is 0. The molecule has 0 aliphatic rings. The van der Waals surface area contributed by atoms with Gasteiger partial charge >= 0.3 is 0 Å². The molecule has 0 saturated heterocycles. The third-order valence-electron chi connectivity index (χ3n) is 4.91. The number of sulfonamides is 1. The number of hydrogen-bond donors (Lipinski definition) is 1. The molecule has 0 saturated carbocycles. The fraction of sp³-hybridized carbons (Fsp3) is 0.0870. The number of benzene rings is 3. The minimum Gasteiger partial charge on any atom is -0.279 e. The standard InChI is InChI=1S/C23H16Cl4N2O2S/c1-13-8-23(21(27)12-18(13)24)32(30,31)29-16-10-19(25)17(20(26)11-16)9-15-7-6-14-4-2-3-5-22(14)28-15/h2-8,10-12,29H,9H2,1H3. The first-order chi connectivity index (χ1) is 15.1. The van der Waals surface area contributed by atoms with Gasteiger partial charge in [0.15, 0.2) is 0 Å². The predicted octanol–water partition coefficient (Wildman–Crippen LogP) is 7.55. The topological polar surface area (TPSA) is 59.1 Å². The first-order valence-electron chi connectivity index (χ1n) is 9.45. The number of halogens is 4. The van der Waals surface area contributed by atoms with Gasteiger partial charge < -0.3 is 0 Å². The van der Waals surface area contributed by atoms with Gasteiger partial charge in [0.25, 0.3) is 10.0 Å². The molecular weight excluding hydrogens is 510 g/mol. The van der Waals surface area contributed by atoms with Crippen LogP contribution in [0.2, 0.25) is 20.1 Å². The Balaban J connectivity index is 1.63. The van der Waals surface area contributed by atoms with Crippen molar-refractivity contribution in [2.75, 3.05) is 4.72 Å². The number of nitrogens with one attached hydrogen (secondary N) is 1. The molecular formula is C23H16Cl4N2O2S. The number of fused-ring (bicyclic) bond motifs is 1. The Hall–Kier alpha value is -2.02. The number of nitrogens with zero attached hydrogens (tertiary/aromatic N) is 1. The molecule has 0 unspecified atom stereocenters. The Labute approximate surface area is 206 Å². The molecule has 0 amide bonds. The lowest BCUT2D eigenvalue weighted by Crippen LogP contribution is -2.14. The molecule has 32 heavy (non-hydrogen) atoms. The summed E-state index contributed by atoms with van der Waals surface area (Å²) in [5, 5.41) is 2.08. The van der Waals surface area contributed by atoms with Crippen molar-refractivity contribution in [1.82, 2.24) is 4.98 Å². The van der Waals surface area contributed by atoms with Gasteiger partial charge in [-0.15, -0.1) is 0 Å². The predicted molar refractivity (Wildman–Crippen MR) is 133 cm³/mol. The van der Waals surface area contributed by atoms with E-state index in [1.807, 2.05) is 36.4 Å². The second-order valence-electron chi connectivity index (χ2n) is 7.23. The van der Waals surface area contributed by atoms with Crippen LogP contribution in [0.1, 0.15) is 16.8 Å². The Bertz CT molecular complexity index is 1430. The molecule has 4 rings (SSSR count). The van der Waals surface area contributed by atoms with Gasteiger partial charge in [0, 0.05) is 32.6 Å². The molecule has 0 aliphatic heterocycles. The summed E-state index contributed by atoms with van der Waals surface area (Å²) in [6, 6.07) is 17.5. The zero-order chi connectivity index (χ0) is 23.0. The Morgan fingerprint density at radius 1 is 0.844 bits per heavy atom. The van der Waals surface area contributed by atoms with E-state index in [1.165, 1.54) is 24.3 Å². The quantitative estimate of drug-likeness (QED) is 0.292. The van der Waals surface area contributed by atoms with E-state index in [-0.39, 0.29) is 15.6 Å².